The van der Waals surface area contributed by atoms with Crippen LogP contribution in [0.2, 0.25) is 0 Å². The summed E-state index contributed by atoms with van der Waals surface area (Å²) in [5, 5.41) is 30.4. The molecule has 33 heavy (non-hydrogen) atoms. The fourth-order valence-corrected chi connectivity index (χ4v) is 5.17. The number of nitriles is 3. The lowest BCUT2D eigenvalue weighted by Gasteiger charge is -2.45. The predicted molar refractivity (Wildman–Crippen MR) is 127 cm³/mol. The zero-order valence-corrected chi connectivity index (χ0v) is 19.0. The Morgan fingerprint density at radius 3 is 2.27 bits per heavy atom. The topological polar surface area (TPSA) is 101 Å². The monoisotopic (exact) mass is 433 g/mol. The van der Waals surface area contributed by atoms with Gasteiger partial charge in [-0.2, -0.15) is 15.8 Å². The normalized spacial score (nSPS) is 22.0. The van der Waals surface area contributed by atoms with Gasteiger partial charge in [-0.25, -0.2) is 0 Å². The van der Waals surface area contributed by atoms with Crippen LogP contribution in [0.5, 0.6) is 0 Å². The van der Waals surface area contributed by atoms with Gasteiger partial charge in [0.1, 0.15) is 6.07 Å². The summed E-state index contributed by atoms with van der Waals surface area (Å²) in [6.07, 6.45) is 2.05. The molecule has 0 fully saturated rings. The van der Waals surface area contributed by atoms with Crippen molar-refractivity contribution in [3.8, 4) is 18.2 Å². The Morgan fingerprint density at radius 1 is 1.03 bits per heavy atom. The van der Waals surface area contributed by atoms with Crippen molar-refractivity contribution in [1.82, 2.24) is 4.90 Å². The van der Waals surface area contributed by atoms with Crippen LogP contribution in [0.25, 0.3) is 0 Å². The Morgan fingerprint density at radius 2 is 1.70 bits per heavy atom. The highest BCUT2D eigenvalue weighted by Crippen LogP contribution is 2.54. The molecule has 4 rings (SSSR count). The predicted octanol–water partition coefficient (Wildman–Crippen LogP) is 4.74. The number of rotatable bonds is 4. The van der Waals surface area contributed by atoms with Crippen molar-refractivity contribution in [3.05, 3.63) is 94.2 Å². The number of allylic oxidation sites excluding steroid dienone is 2. The van der Waals surface area contributed by atoms with Crippen LogP contribution in [0.3, 0.4) is 0 Å². The SMILES string of the molecule is CC(C)c1ccc([C@@H]2[C@H]3CN(Cc4ccccc4)CC=C3C(C#N)=C(N)C2(C#N)C#N)cc1. The zero-order chi connectivity index (χ0) is 23.6. The molecule has 2 aliphatic rings. The van der Waals surface area contributed by atoms with Crippen LogP contribution < -0.4 is 5.73 Å². The molecule has 0 radical (unpaired) electrons. The summed E-state index contributed by atoms with van der Waals surface area (Å²) in [6, 6.07) is 25.0. The number of nitrogens with two attached hydrogens (primary N) is 1. The lowest BCUT2D eigenvalue weighted by molar-refractivity contribution is 0.201. The van der Waals surface area contributed by atoms with Gasteiger partial charge < -0.3 is 5.73 Å². The summed E-state index contributed by atoms with van der Waals surface area (Å²) in [5.41, 5.74) is 9.35. The molecule has 2 N–H and O–H groups in total. The van der Waals surface area contributed by atoms with E-state index in [1.165, 1.54) is 11.1 Å². The lowest BCUT2D eigenvalue weighted by atomic mass is 9.58. The van der Waals surface area contributed by atoms with Gasteiger partial charge in [0.15, 0.2) is 5.41 Å². The maximum absolute atomic E-state index is 10.3. The van der Waals surface area contributed by atoms with Crippen molar-refractivity contribution in [1.29, 1.82) is 15.8 Å². The number of hydrogen-bond acceptors (Lipinski definition) is 5. The fourth-order valence-electron chi connectivity index (χ4n) is 5.17. The van der Waals surface area contributed by atoms with E-state index in [9.17, 15) is 15.8 Å². The van der Waals surface area contributed by atoms with Crippen molar-refractivity contribution in [3.63, 3.8) is 0 Å². The third-order valence-electron chi connectivity index (χ3n) is 6.95. The molecule has 164 valence electrons. The van der Waals surface area contributed by atoms with Crippen LogP contribution >= 0.6 is 0 Å². The molecule has 0 amide bonds. The highest BCUT2D eigenvalue weighted by molar-refractivity contribution is 5.59. The summed E-state index contributed by atoms with van der Waals surface area (Å²) < 4.78 is 0. The molecular formula is C28H27N5. The van der Waals surface area contributed by atoms with Gasteiger partial charge in [-0.15, -0.1) is 0 Å². The van der Waals surface area contributed by atoms with Gasteiger partial charge >= 0.3 is 0 Å². The molecule has 1 heterocycles. The Balaban J connectivity index is 1.83. The van der Waals surface area contributed by atoms with Crippen molar-refractivity contribution in [2.75, 3.05) is 13.1 Å². The first kappa shape index (κ1) is 22.3. The zero-order valence-electron chi connectivity index (χ0n) is 19.0. The van der Waals surface area contributed by atoms with E-state index in [0.717, 1.165) is 17.7 Å². The maximum atomic E-state index is 10.3. The van der Waals surface area contributed by atoms with E-state index in [0.29, 0.717) is 19.0 Å². The highest BCUT2D eigenvalue weighted by atomic mass is 15.1. The standard InChI is InChI=1S/C28H27N5/c1-19(2)21-8-10-22(11-9-21)26-25-16-33(15-20-6-4-3-5-7-20)13-12-23(25)24(14-29)27(32)28(26,17-30)18-31/h3-12,19,25-26H,13,15-16,32H2,1-2H3/t25-,26+/m0/s1. The Kier molecular flexibility index (Phi) is 6.06. The average Bonchev–Trinajstić information content (AvgIpc) is 2.84. The quantitative estimate of drug-likeness (QED) is 0.751. The molecule has 2 aromatic rings. The Bertz CT molecular complexity index is 1200. The van der Waals surface area contributed by atoms with E-state index in [1.54, 1.807) is 0 Å². The minimum Gasteiger partial charge on any atom is -0.399 e. The first-order chi connectivity index (χ1) is 15.9. The van der Waals surface area contributed by atoms with Gasteiger partial charge in [0.05, 0.1) is 23.4 Å². The van der Waals surface area contributed by atoms with Gasteiger partial charge in [0.2, 0.25) is 0 Å². The molecule has 0 saturated carbocycles. The highest BCUT2D eigenvalue weighted by Gasteiger charge is 2.54. The van der Waals surface area contributed by atoms with E-state index in [2.05, 4.69) is 67.3 Å². The molecule has 0 bridgehead atoms. The molecular weight excluding hydrogens is 406 g/mol. The molecule has 0 unspecified atom stereocenters. The molecule has 5 heteroatoms. The van der Waals surface area contributed by atoms with Crippen LogP contribution in [-0.4, -0.2) is 18.0 Å². The lowest BCUT2D eigenvalue weighted by Crippen LogP contribution is -2.47. The number of hydrogen-bond donors (Lipinski definition) is 1. The minimum absolute atomic E-state index is 0.0759. The van der Waals surface area contributed by atoms with Gasteiger partial charge in [-0.3, -0.25) is 4.90 Å². The van der Waals surface area contributed by atoms with E-state index in [-0.39, 0.29) is 17.2 Å². The third kappa shape index (κ3) is 3.80. The molecule has 0 saturated heterocycles. The molecule has 0 aromatic heterocycles. The summed E-state index contributed by atoms with van der Waals surface area (Å²) in [7, 11) is 0. The molecule has 1 aliphatic heterocycles. The van der Waals surface area contributed by atoms with Crippen LogP contribution in [0.4, 0.5) is 0 Å². The molecule has 5 nitrogen and oxygen atoms in total. The maximum Gasteiger partial charge on any atom is 0.191 e. The second-order valence-electron chi connectivity index (χ2n) is 9.18. The largest absolute Gasteiger partial charge is 0.399 e. The molecule has 2 aromatic carbocycles. The van der Waals surface area contributed by atoms with Gasteiger partial charge in [0, 0.05) is 31.5 Å². The summed E-state index contributed by atoms with van der Waals surface area (Å²) >= 11 is 0. The smallest absolute Gasteiger partial charge is 0.191 e. The van der Waals surface area contributed by atoms with Crippen LogP contribution in [0.15, 0.2) is 77.5 Å². The number of nitrogens with zero attached hydrogens (tertiary/aromatic N) is 4. The van der Waals surface area contributed by atoms with Gasteiger partial charge in [-0.1, -0.05) is 74.5 Å². The molecule has 0 spiro atoms. The van der Waals surface area contributed by atoms with E-state index in [1.807, 2.05) is 30.3 Å². The molecule has 1 aliphatic carbocycles. The van der Waals surface area contributed by atoms with Crippen molar-refractivity contribution in [2.24, 2.45) is 17.1 Å². The Hall–Kier alpha value is -3.85. The first-order valence-corrected chi connectivity index (χ1v) is 11.2. The number of fused-ring (bicyclic) bond motifs is 1. The van der Waals surface area contributed by atoms with Crippen LogP contribution in [0, 0.1) is 45.3 Å². The summed E-state index contributed by atoms with van der Waals surface area (Å²) in [4.78, 5) is 2.30. The second-order valence-corrected chi connectivity index (χ2v) is 9.18. The number of benzene rings is 2. The van der Waals surface area contributed by atoms with Gasteiger partial charge in [0.25, 0.3) is 0 Å². The van der Waals surface area contributed by atoms with E-state index in [4.69, 9.17) is 5.73 Å². The van der Waals surface area contributed by atoms with E-state index >= 15 is 0 Å². The molecule has 2 atom stereocenters. The van der Waals surface area contributed by atoms with Crippen molar-refractivity contribution < 1.29 is 0 Å². The van der Waals surface area contributed by atoms with Gasteiger partial charge in [-0.05, 0) is 28.2 Å². The average molecular weight is 434 g/mol. The van der Waals surface area contributed by atoms with Crippen molar-refractivity contribution in [2.45, 2.75) is 32.2 Å². The summed E-state index contributed by atoms with van der Waals surface area (Å²) in [5.74, 6) is -0.270. The fraction of sp³-hybridized carbons (Fsp3) is 0.321. The van der Waals surface area contributed by atoms with Crippen LogP contribution in [-0.2, 0) is 6.54 Å². The second kappa shape index (κ2) is 8.95. The summed E-state index contributed by atoms with van der Waals surface area (Å²) in [6.45, 7) is 6.35. The third-order valence-corrected chi connectivity index (χ3v) is 6.95. The minimum atomic E-state index is -1.60. The van der Waals surface area contributed by atoms with E-state index < -0.39 is 11.3 Å². The Labute approximate surface area is 195 Å². The van der Waals surface area contributed by atoms with Crippen molar-refractivity contribution >= 4 is 0 Å². The first-order valence-electron chi connectivity index (χ1n) is 11.2. The van der Waals surface area contributed by atoms with Crippen LogP contribution in [0.1, 0.15) is 42.4 Å².